The first kappa shape index (κ1) is 16.4. The topological polar surface area (TPSA) is 55.6 Å². The fraction of sp³-hybridized carbons (Fsp3) is 0.533. The average Bonchev–Trinajstić information content (AvgIpc) is 2.37. The highest BCUT2D eigenvalue weighted by molar-refractivity contribution is 5.85. The van der Waals surface area contributed by atoms with E-state index in [0.717, 1.165) is 6.42 Å². The van der Waals surface area contributed by atoms with Crippen LogP contribution in [0.5, 0.6) is 5.75 Å². The second-order valence-corrected chi connectivity index (χ2v) is 5.20. The molecule has 1 aromatic carbocycles. The van der Waals surface area contributed by atoms with Gasteiger partial charge in [0.1, 0.15) is 18.2 Å². The second kappa shape index (κ2) is 7.24. The number of hydrogen-bond donors (Lipinski definition) is 1. The molecule has 1 atom stereocenters. The first-order valence-electron chi connectivity index (χ1n) is 6.79. The number of amides is 1. The molecule has 1 aromatic rings. The van der Waals surface area contributed by atoms with Crippen molar-refractivity contribution in [2.45, 2.75) is 32.2 Å². The molecule has 5 heteroatoms. The summed E-state index contributed by atoms with van der Waals surface area (Å²) in [5, 5.41) is 0. The van der Waals surface area contributed by atoms with Gasteiger partial charge in [-0.05, 0) is 25.5 Å². The third-order valence-electron chi connectivity index (χ3n) is 3.10. The molecule has 0 aliphatic carbocycles. The molecule has 1 unspecified atom stereocenters. The lowest BCUT2D eigenvalue weighted by Crippen LogP contribution is -2.52. The highest BCUT2D eigenvalue weighted by atomic mass is 19.1. The summed E-state index contributed by atoms with van der Waals surface area (Å²) in [6, 6.07) is 5.92. The maximum absolute atomic E-state index is 13.0. The summed E-state index contributed by atoms with van der Waals surface area (Å²) in [5.41, 5.74) is 5.15. The van der Waals surface area contributed by atoms with Crippen LogP contribution in [0.1, 0.15) is 26.7 Å². The van der Waals surface area contributed by atoms with Crippen molar-refractivity contribution in [2.24, 2.45) is 5.73 Å². The Labute approximate surface area is 119 Å². The zero-order chi connectivity index (χ0) is 15.2. The van der Waals surface area contributed by atoms with Crippen LogP contribution in [0.4, 0.5) is 4.39 Å². The normalized spacial score (nSPS) is 13.7. The third-order valence-corrected chi connectivity index (χ3v) is 3.10. The Hall–Kier alpha value is -1.62. The average molecular weight is 282 g/mol. The minimum Gasteiger partial charge on any atom is -0.492 e. The van der Waals surface area contributed by atoms with Crippen LogP contribution in [0.2, 0.25) is 0 Å². The molecule has 1 amide bonds. The molecule has 0 radical (unpaired) electrons. The molecule has 0 saturated heterocycles. The Balaban J connectivity index is 2.43. The second-order valence-electron chi connectivity index (χ2n) is 5.20. The Morgan fingerprint density at radius 1 is 1.50 bits per heavy atom. The van der Waals surface area contributed by atoms with Crippen LogP contribution in [-0.2, 0) is 4.79 Å². The number of benzene rings is 1. The van der Waals surface area contributed by atoms with Gasteiger partial charge in [0.15, 0.2) is 0 Å². The molecule has 0 heterocycles. The predicted molar refractivity (Wildman–Crippen MR) is 77.0 cm³/mol. The van der Waals surface area contributed by atoms with Gasteiger partial charge >= 0.3 is 0 Å². The predicted octanol–water partition coefficient (Wildman–Crippen LogP) is 2.18. The summed E-state index contributed by atoms with van der Waals surface area (Å²) >= 11 is 0. The van der Waals surface area contributed by atoms with Crippen molar-refractivity contribution in [1.29, 1.82) is 0 Å². The van der Waals surface area contributed by atoms with Crippen molar-refractivity contribution in [2.75, 3.05) is 20.2 Å². The summed E-state index contributed by atoms with van der Waals surface area (Å²) in [4.78, 5) is 13.7. The molecule has 0 spiro atoms. The molecule has 0 aliphatic heterocycles. The largest absolute Gasteiger partial charge is 0.492 e. The van der Waals surface area contributed by atoms with Crippen LogP contribution < -0.4 is 10.5 Å². The smallest absolute Gasteiger partial charge is 0.242 e. The summed E-state index contributed by atoms with van der Waals surface area (Å²) in [6.45, 7) is 4.44. The molecule has 0 aliphatic rings. The van der Waals surface area contributed by atoms with E-state index in [9.17, 15) is 9.18 Å². The lowest BCUT2D eigenvalue weighted by Gasteiger charge is -2.28. The van der Waals surface area contributed by atoms with Crippen LogP contribution in [-0.4, -0.2) is 36.5 Å². The molecule has 0 aromatic heterocycles. The van der Waals surface area contributed by atoms with Crippen molar-refractivity contribution in [3.8, 4) is 5.75 Å². The van der Waals surface area contributed by atoms with Crippen LogP contribution >= 0.6 is 0 Å². The fourth-order valence-corrected chi connectivity index (χ4v) is 2.02. The molecule has 112 valence electrons. The van der Waals surface area contributed by atoms with Crippen molar-refractivity contribution in [3.05, 3.63) is 30.1 Å². The lowest BCUT2D eigenvalue weighted by molar-refractivity contribution is -0.135. The van der Waals surface area contributed by atoms with Gasteiger partial charge in [-0.15, -0.1) is 0 Å². The summed E-state index contributed by atoms with van der Waals surface area (Å²) in [6.07, 6.45) is 1.49. The molecule has 2 N–H and O–H groups in total. The van der Waals surface area contributed by atoms with Gasteiger partial charge in [0.05, 0.1) is 12.1 Å². The number of rotatable bonds is 7. The van der Waals surface area contributed by atoms with E-state index in [2.05, 4.69) is 0 Å². The third kappa shape index (κ3) is 4.81. The number of halogens is 1. The van der Waals surface area contributed by atoms with Gasteiger partial charge in [-0.1, -0.05) is 19.4 Å². The van der Waals surface area contributed by atoms with Gasteiger partial charge in [0, 0.05) is 13.1 Å². The highest BCUT2D eigenvalue weighted by Crippen LogP contribution is 2.13. The van der Waals surface area contributed by atoms with E-state index in [1.165, 1.54) is 12.1 Å². The van der Waals surface area contributed by atoms with Gasteiger partial charge < -0.3 is 15.4 Å². The van der Waals surface area contributed by atoms with E-state index in [-0.39, 0.29) is 11.7 Å². The van der Waals surface area contributed by atoms with Crippen LogP contribution in [0.25, 0.3) is 0 Å². The zero-order valence-electron chi connectivity index (χ0n) is 12.4. The Bertz CT molecular complexity index is 449. The van der Waals surface area contributed by atoms with Crippen molar-refractivity contribution in [3.63, 3.8) is 0 Å². The van der Waals surface area contributed by atoms with Crippen LogP contribution in [0, 0.1) is 5.82 Å². The standard InChI is InChI=1S/C15H23FN2O2/c1-4-8-15(2,17)14(19)18(3)9-10-20-13-7-5-6-12(16)11-13/h5-7,11H,4,8-10,17H2,1-3H3. The first-order valence-corrected chi connectivity index (χ1v) is 6.79. The number of likely N-dealkylation sites (N-methyl/N-ethyl adjacent to an activating group) is 1. The van der Waals surface area contributed by atoms with Gasteiger partial charge in [0.25, 0.3) is 0 Å². The minimum atomic E-state index is -0.845. The fourth-order valence-electron chi connectivity index (χ4n) is 2.02. The monoisotopic (exact) mass is 282 g/mol. The number of hydrogen-bond acceptors (Lipinski definition) is 3. The first-order chi connectivity index (χ1) is 9.36. The molecular weight excluding hydrogens is 259 g/mol. The number of nitrogens with two attached hydrogens (primary N) is 1. The molecule has 1 rings (SSSR count). The van der Waals surface area contributed by atoms with E-state index >= 15 is 0 Å². The van der Waals surface area contributed by atoms with Crippen molar-refractivity contribution >= 4 is 5.91 Å². The van der Waals surface area contributed by atoms with E-state index in [0.29, 0.717) is 25.3 Å². The molecule has 4 nitrogen and oxygen atoms in total. The van der Waals surface area contributed by atoms with Gasteiger partial charge in [0.2, 0.25) is 5.91 Å². The van der Waals surface area contributed by atoms with E-state index in [1.807, 2.05) is 6.92 Å². The number of nitrogens with zero attached hydrogens (tertiary/aromatic N) is 1. The maximum atomic E-state index is 13.0. The Morgan fingerprint density at radius 3 is 2.80 bits per heavy atom. The molecule has 0 saturated carbocycles. The Morgan fingerprint density at radius 2 is 2.20 bits per heavy atom. The number of carbonyl (C=O) groups excluding carboxylic acids is 1. The molecule has 0 bridgehead atoms. The van der Waals surface area contributed by atoms with E-state index in [4.69, 9.17) is 10.5 Å². The molecule has 20 heavy (non-hydrogen) atoms. The molecule has 0 fully saturated rings. The van der Waals surface area contributed by atoms with E-state index < -0.39 is 5.54 Å². The summed E-state index contributed by atoms with van der Waals surface area (Å²) in [7, 11) is 1.69. The van der Waals surface area contributed by atoms with Crippen LogP contribution in [0.15, 0.2) is 24.3 Å². The molecular formula is C15H23FN2O2. The lowest BCUT2D eigenvalue weighted by atomic mass is 9.96. The van der Waals surface area contributed by atoms with Crippen LogP contribution in [0.3, 0.4) is 0 Å². The van der Waals surface area contributed by atoms with Gasteiger partial charge in [-0.25, -0.2) is 4.39 Å². The number of ether oxygens (including phenoxy) is 1. The van der Waals surface area contributed by atoms with Crippen molar-refractivity contribution < 1.29 is 13.9 Å². The zero-order valence-corrected chi connectivity index (χ0v) is 12.4. The van der Waals surface area contributed by atoms with Gasteiger partial charge in [-0.3, -0.25) is 4.79 Å². The quantitative estimate of drug-likeness (QED) is 0.834. The maximum Gasteiger partial charge on any atom is 0.242 e. The van der Waals surface area contributed by atoms with E-state index in [1.54, 1.807) is 31.0 Å². The highest BCUT2D eigenvalue weighted by Gasteiger charge is 2.29. The van der Waals surface area contributed by atoms with Gasteiger partial charge in [-0.2, -0.15) is 0 Å². The van der Waals surface area contributed by atoms with Crippen molar-refractivity contribution in [1.82, 2.24) is 4.90 Å². The Kier molecular flexibility index (Phi) is 5.95. The number of carbonyl (C=O) groups is 1. The summed E-state index contributed by atoms with van der Waals surface area (Å²) in [5.74, 6) is 0.00141. The SMILES string of the molecule is CCCC(C)(N)C(=O)N(C)CCOc1cccc(F)c1. The summed E-state index contributed by atoms with van der Waals surface area (Å²) < 4.78 is 18.4. The minimum absolute atomic E-state index is 0.109.